The van der Waals surface area contributed by atoms with Crippen molar-refractivity contribution in [3.63, 3.8) is 0 Å². The van der Waals surface area contributed by atoms with Gasteiger partial charge in [0.25, 0.3) is 0 Å². The first kappa shape index (κ1) is 24.0. The van der Waals surface area contributed by atoms with E-state index >= 15 is 0 Å². The van der Waals surface area contributed by atoms with Crippen LogP contribution in [0.4, 0.5) is 11.5 Å². The van der Waals surface area contributed by atoms with Crippen LogP contribution in [0, 0.1) is 6.92 Å². The standard InChI is InChI=1S/C28H30N6O/c1-19-25(22-10-5-9-21(15-22)14-13-20-7-3-2-4-8-20)17-32-27(19)33-18-26(35)34-24-12-6-11-23(16-24)28(29,30)31/h2-17,32-33H,18,29-31H2,1H3,(H,34,35)/b14-13+. The third kappa shape index (κ3) is 6.24. The molecule has 0 aliphatic heterocycles. The topological polar surface area (TPSA) is 135 Å². The van der Waals surface area contributed by atoms with E-state index in [1.807, 2.05) is 37.4 Å². The van der Waals surface area contributed by atoms with Crippen molar-refractivity contribution in [2.45, 2.75) is 12.7 Å². The normalized spacial score (nSPS) is 11.5. The van der Waals surface area contributed by atoms with Crippen molar-refractivity contribution in [3.8, 4) is 11.1 Å². The van der Waals surface area contributed by atoms with Crippen molar-refractivity contribution in [1.82, 2.24) is 4.98 Å². The van der Waals surface area contributed by atoms with Gasteiger partial charge in [0.1, 0.15) is 11.6 Å². The van der Waals surface area contributed by atoms with Crippen molar-refractivity contribution in [1.29, 1.82) is 0 Å². The first-order valence-corrected chi connectivity index (χ1v) is 11.3. The predicted molar refractivity (Wildman–Crippen MR) is 144 cm³/mol. The van der Waals surface area contributed by atoms with Crippen LogP contribution in [0.1, 0.15) is 22.3 Å². The van der Waals surface area contributed by atoms with Crippen LogP contribution in [0.3, 0.4) is 0 Å². The quantitative estimate of drug-likeness (QED) is 0.171. The highest BCUT2D eigenvalue weighted by Gasteiger charge is 2.16. The molecular weight excluding hydrogens is 436 g/mol. The molecule has 1 aromatic heterocycles. The van der Waals surface area contributed by atoms with Crippen LogP contribution in [0.25, 0.3) is 23.3 Å². The summed E-state index contributed by atoms with van der Waals surface area (Å²) in [6.07, 6.45) is 6.14. The summed E-state index contributed by atoms with van der Waals surface area (Å²) in [6.45, 7) is 2.11. The molecule has 0 atom stereocenters. The molecule has 178 valence electrons. The van der Waals surface area contributed by atoms with Crippen LogP contribution in [-0.2, 0) is 10.6 Å². The molecule has 0 spiro atoms. The Labute approximate surface area is 205 Å². The van der Waals surface area contributed by atoms with Crippen LogP contribution >= 0.6 is 0 Å². The zero-order valence-electron chi connectivity index (χ0n) is 19.6. The Balaban J connectivity index is 1.41. The molecule has 7 nitrogen and oxygen atoms in total. The molecule has 35 heavy (non-hydrogen) atoms. The maximum atomic E-state index is 12.5. The molecule has 0 bridgehead atoms. The lowest BCUT2D eigenvalue weighted by atomic mass is 10.0. The van der Waals surface area contributed by atoms with E-state index < -0.39 is 5.79 Å². The summed E-state index contributed by atoms with van der Waals surface area (Å²) in [7, 11) is 0. The average Bonchev–Trinajstić information content (AvgIpc) is 3.22. The summed E-state index contributed by atoms with van der Waals surface area (Å²) in [5.74, 6) is -0.882. The number of hydrogen-bond acceptors (Lipinski definition) is 5. The van der Waals surface area contributed by atoms with Gasteiger partial charge in [-0.1, -0.05) is 72.8 Å². The Kier molecular flexibility index (Phi) is 7.12. The number of nitrogens with two attached hydrogens (primary N) is 3. The van der Waals surface area contributed by atoms with Gasteiger partial charge in [0.15, 0.2) is 0 Å². The largest absolute Gasteiger partial charge is 0.362 e. The fraction of sp³-hybridized carbons (Fsp3) is 0.107. The number of amides is 1. The van der Waals surface area contributed by atoms with Gasteiger partial charge in [-0.3, -0.25) is 22.0 Å². The molecule has 1 heterocycles. The number of aromatic amines is 1. The van der Waals surface area contributed by atoms with Gasteiger partial charge in [-0.2, -0.15) is 0 Å². The van der Waals surface area contributed by atoms with E-state index in [0.717, 1.165) is 33.6 Å². The van der Waals surface area contributed by atoms with Gasteiger partial charge in [-0.25, -0.2) is 0 Å². The summed E-state index contributed by atoms with van der Waals surface area (Å²) in [5, 5.41) is 6.00. The summed E-state index contributed by atoms with van der Waals surface area (Å²) < 4.78 is 0. The Morgan fingerprint density at radius 3 is 2.40 bits per heavy atom. The van der Waals surface area contributed by atoms with Crippen molar-refractivity contribution >= 4 is 29.6 Å². The molecule has 4 rings (SSSR count). The number of H-pyrrole nitrogens is 1. The van der Waals surface area contributed by atoms with E-state index in [0.29, 0.717) is 11.3 Å². The van der Waals surface area contributed by atoms with Gasteiger partial charge >= 0.3 is 0 Å². The van der Waals surface area contributed by atoms with E-state index in [1.165, 1.54) is 0 Å². The van der Waals surface area contributed by atoms with E-state index in [2.05, 4.69) is 58.1 Å². The van der Waals surface area contributed by atoms with Crippen LogP contribution in [0.5, 0.6) is 0 Å². The fourth-order valence-electron chi connectivity index (χ4n) is 3.79. The number of anilines is 2. The number of benzene rings is 3. The second-order valence-corrected chi connectivity index (χ2v) is 8.49. The van der Waals surface area contributed by atoms with Gasteiger partial charge in [-0.15, -0.1) is 0 Å². The minimum absolute atomic E-state index is 0.0872. The monoisotopic (exact) mass is 466 g/mol. The summed E-state index contributed by atoms with van der Waals surface area (Å²) in [5.41, 5.74) is 23.8. The second-order valence-electron chi connectivity index (χ2n) is 8.49. The molecule has 9 N–H and O–H groups in total. The minimum Gasteiger partial charge on any atom is -0.362 e. The van der Waals surface area contributed by atoms with Gasteiger partial charge in [0, 0.05) is 23.0 Å². The number of aromatic nitrogens is 1. The third-order valence-electron chi connectivity index (χ3n) is 5.68. The van der Waals surface area contributed by atoms with Crippen molar-refractivity contribution in [2.24, 2.45) is 17.2 Å². The Hall–Kier alpha value is -4.17. The lowest BCUT2D eigenvalue weighted by molar-refractivity contribution is -0.114. The summed E-state index contributed by atoms with van der Waals surface area (Å²) >= 11 is 0. The van der Waals surface area contributed by atoms with Gasteiger partial charge < -0.3 is 15.6 Å². The lowest BCUT2D eigenvalue weighted by Crippen LogP contribution is -2.54. The zero-order chi connectivity index (χ0) is 24.8. The molecule has 3 aromatic carbocycles. The first-order valence-electron chi connectivity index (χ1n) is 11.3. The molecule has 0 aliphatic carbocycles. The minimum atomic E-state index is -1.47. The molecule has 4 aromatic rings. The summed E-state index contributed by atoms with van der Waals surface area (Å²) in [6, 6.07) is 25.4. The number of nitrogens with one attached hydrogen (secondary N) is 3. The maximum absolute atomic E-state index is 12.5. The number of carbonyl (C=O) groups is 1. The Morgan fingerprint density at radius 2 is 1.63 bits per heavy atom. The lowest BCUT2D eigenvalue weighted by Gasteiger charge is -2.19. The van der Waals surface area contributed by atoms with E-state index in [1.54, 1.807) is 24.3 Å². The molecule has 0 unspecified atom stereocenters. The number of rotatable bonds is 8. The molecule has 1 amide bonds. The third-order valence-corrected chi connectivity index (χ3v) is 5.68. The average molecular weight is 467 g/mol. The molecule has 0 radical (unpaired) electrons. The predicted octanol–water partition coefficient (Wildman–Crippen LogP) is 4.20. The molecular formula is C28H30N6O. The molecule has 0 fully saturated rings. The smallest absolute Gasteiger partial charge is 0.243 e. The van der Waals surface area contributed by atoms with E-state index in [-0.39, 0.29) is 12.5 Å². The molecule has 0 aliphatic rings. The molecule has 7 heteroatoms. The van der Waals surface area contributed by atoms with Crippen molar-refractivity contribution < 1.29 is 4.79 Å². The molecule has 0 saturated heterocycles. The van der Waals surface area contributed by atoms with Crippen LogP contribution in [0.2, 0.25) is 0 Å². The fourth-order valence-corrected chi connectivity index (χ4v) is 3.79. The second kappa shape index (κ2) is 10.4. The highest BCUT2D eigenvalue weighted by molar-refractivity contribution is 5.94. The summed E-state index contributed by atoms with van der Waals surface area (Å²) in [4.78, 5) is 15.7. The van der Waals surface area contributed by atoms with Crippen molar-refractivity contribution in [3.05, 3.63) is 107 Å². The zero-order valence-corrected chi connectivity index (χ0v) is 19.6. The SMILES string of the molecule is Cc1c(-c2cccc(/C=C/c3ccccc3)c2)c[nH]c1NCC(=O)Nc1cccc(C(N)(N)N)c1. The van der Waals surface area contributed by atoms with Crippen LogP contribution < -0.4 is 27.8 Å². The van der Waals surface area contributed by atoms with E-state index in [9.17, 15) is 4.79 Å². The maximum Gasteiger partial charge on any atom is 0.243 e. The number of carbonyl (C=O) groups excluding carboxylic acids is 1. The Bertz CT molecular complexity index is 1340. The van der Waals surface area contributed by atoms with Crippen molar-refractivity contribution in [2.75, 3.05) is 17.2 Å². The highest BCUT2D eigenvalue weighted by atomic mass is 16.1. The highest BCUT2D eigenvalue weighted by Crippen LogP contribution is 2.29. The van der Waals surface area contributed by atoms with Crippen LogP contribution in [0.15, 0.2) is 85.1 Å². The molecule has 0 saturated carbocycles. The number of hydrogen-bond donors (Lipinski definition) is 6. The van der Waals surface area contributed by atoms with Gasteiger partial charge in [-0.05, 0) is 47.4 Å². The first-order chi connectivity index (χ1) is 16.8. The van der Waals surface area contributed by atoms with Gasteiger partial charge in [0.2, 0.25) is 5.91 Å². The van der Waals surface area contributed by atoms with Crippen LogP contribution in [-0.4, -0.2) is 17.4 Å². The van der Waals surface area contributed by atoms with Gasteiger partial charge in [0.05, 0.1) is 6.54 Å². The van der Waals surface area contributed by atoms with E-state index in [4.69, 9.17) is 17.2 Å². The Morgan fingerprint density at radius 1 is 0.914 bits per heavy atom.